The summed E-state index contributed by atoms with van der Waals surface area (Å²) in [6.07, 6.45) is 0.115. The second kappa shape index (κ2) is 8.87. The van der Waals surface area contributed by atoms with Gasteiger partial charge in [-0.25, -0.2) is 0 Å². The minimum atomic E-state index is -0.435. The van der Waals surface area contributed by atoms with Gasteiger partial charge in [-0.15, -0.1) is 0 Å². The lowest BCUT2D eigenvalue weighted by atomic mass is 10.1. The van der Waals surface area contributed by atoms with Gasteiger partial charge < -0.3 is 14.4 Å². The number of rotatable bonds is 7. The van der Waals surface area contributed by atoms with Gasteiger partial charge in [-0.1, -0.05) is 30.3 Å². The van der Waals surface area contributed by atoms with Crippen LogP contribution in [0, 0.1) is 0 Å². The van der Waals surface area contributed by atoms with Crippen molar-refractivity contribution < 1.29 is 19.1 Å². The van der Waals surface area contributed by atoms with E-state index in [4.69, 9.17) is 9.47 Å². The van der Waals surface area contributed by atoms with Crippen LogP contribution in [0.1, 0.15) is 19.4 Å². The summed E-state index contributed by atoms with van der Waals surface area (Å²) in [6, 6.07) is 16.5. The van der Waals surface area contributed by atoms with Crippen molar-refractivity contribution in [1.82, 2.24) is 0 Å². The van der Waals surface area contributed by atoms with E-state index in [-0.39, 0.29) is 25.0 Å². The third-order valence-electron chi connectivity index (χ3n) is 3.68. The van der Waals surface area contributed by atoms with E-state index in [1.165, 1.54) is 0 Å². The number of carbonyl (C=O) groups excluding carboxylic acids is 2. The molecule has 0 bridgehead atoms. The van der Waals surface area contributed by atoms with Gasteiger partial charge in [0.25, 0.3) is 5.91 Å². The summed E-state index contributed by atoms with van der Waals surface area (Å²) >= 11 is 0. The van der Waals surface area contributed by atoms with E-state index in [2.05, 4.69) is 0 Å². The second-order valence-electron chi connectivity index (χ2n) is 5.88. The summed E-state index contributed by atoms with van der Waals surface area (Å²) in [7, 11) is 1.59. The first-order valence-corrected chi connectivity index (χ1v) is 8.17. The van der Waals surface area contributed by atoms with Crippen LogP contribution in [0.3, 0.4) is 0 Å². The molecule has 0 aliphatic heterocycles. The molecule has 0 aliphatic carbocycles. The topological polar surface area (TPSA) is 55.8 Å². The highest BCUT2D eigenvalue weighted by Crippen LogP contribution is 2.17. The molecule has 0 aromatic heterocycles. The van der Waals surface area contributed by atoms with Crippen LogP contribution in [-0.2, 0) is 20.7 Å². The normalized spacial score (nSPS) is 10.4. The van der Waals surface area contributed by atoms with E-state index in [9.17, 15) is 9.59 Å². The summed E-state index contributed by atoms with van der Waals surface area (Å²) in [5.41, 5.74) is 1.59. The predicted molar refractivity (Wildman–Crippen MR) is 96.7 cm³/mol. The van der Waals surface area contributed by atoms with Crippen molar-refractivity contribution >= 4 is 17.6 Å². The molecule has 5 nitrogen and oxygen atoms in total. The molecule has 0 spiro atoms. The number of para-hydroxylation sites is 1. The van der Waals surface area contributed by atoms with E-state index in [0.29, 0.717) is 0 Å². The molecule has 0 saturated heterocycles. The van der Waals surface area contributed by atoms with Gasteiger partial charge in [0.05, 0.1) is 13.5 Å². The molecular formula is C20H23NO4. The minimum absolute atomic E-state index is 0.0322. The Kier molecular flexibility index (Phi) is 6.57. The van der Waals surface area contributed by atoms with Crippen LogP contribution < -0.4 is 9.64 Å². The number of benzene rings is 2. The van der Waals surface area contributed by atoms with Crippen molar-refractivity contribution in [1.29, 1.82) is 0 Å². The van der Waals surface area contributed by atoms with Crippen molar-refractivity contribution in [2.24, 2.45) is 0 Å². The number of amides is 1. The van der Waals surface area contributed by atoms with Crippen molar-refractivity contribution in [3.8, 4) is 5.75 Å². The van der Waals surface area contributed by atoms with Crippen LogP contribution in [-0.4, -0.2) is 31.6 Å². The van der Waals surface area contributed by atoms with Crippen molar-refractivity contribution in [2.45, 2.75) is 26.3 Å². The summed E-state index contributed by atoms with van der Waals surface area (Å²) in [6.45, 7) is 3.57. The number of hydrogen-bond acceptors (Lipinski definition) is 4. The Balaban J connectivity index is 1.91. The first-order valence-electron chi connectivity index (χ1n) is 8.17. The minimum Gasteiger partial charge on any atom is -0.497 e. The molecule has 25 heavy (non-hydrogen) atoms. The van der Waals surface area contributed by atoms with E-state index in [1.807, 2.05) is 44.2 Å². The second-order valence-corrected chi connectivity index (χ2v) is 5.88. The Labute approximate surface area is 148 Å². The molecule has 0 fully saturated rings. The zero-order valence-corrected chi connectivity index (χ0v) is 14.8. The van der Waals surface area contributed by atoms with Gasteiger partial charge in [-0.05, 0) is 43.7 Å². The van der Waals surface area contributed by atoms with Crippen LogP contribution in [0.2, 0.25) is 0 Å². The molecule has 0 heterocycles. The average molecular weight is 341 g/mol. The molecule has 0 aliphatic rings. The van der Waals surface area contributed by atoms with Crippen LogP contribution in [0.15, 0.2) is 54.6 Å². The Morgan fingerprint density at radius 3 is 2.20 bits per heavy atom. The lowest BCUT2D eigenvalue weighted by Gasteiger charge is -2.26. The molecule has 5 heteroatoms. The third kappa shape index (κ3) is 5.35. The van der Waals surface area contributed by atoms with E-state index in [1.54, 1.807) is 36.3 Å². The molecule has 2 rings (SSSR count). The molecule has 2 aromatic carbocycles. The first-order chi connectivity index (χ1) is 12.0. The smallest absolute Gasteiger partial charge is 0.310 e. The zero-order valence-electron chi connectivity index (χ0n) is 14.8. The van der Waals surface area contributed by atoms with Crippen LogP contribution in [0.25, 0.3) is 0 Å². The molecular weight excluding hydrogens is 318 g/mol. The highest BCUT2D eigenvalue weighted by Gasteiger charge is 2.20. The van der Waals surface area contributed by atoms with Gasteiger partial charge in [0, 0.05) is 11.7 Å². The number of anilines is 1. The Bertz CT molecular complexity index is 695. The Morgan fingerprint density at radius 1 is 1.00 bits per heavy atom. The number of carbonyl (C=O) groups is 2. The fraction of sp³-hybridized carbons (Fsp3) is 0.300. The van der Waals surface area contributed by atoms with Crippen molar-refractivity contribution in [3.63, 3.8) is 0 Å². The quantitative estimate of drug-likeness (QED) is 0.726. The van der Waals surface area contributed by atoms with Gasteiger partial charge >= 0.3 is 5.97 Å². The van der Waals surface area contributed by atoms with Gasteiger partial charge in [-0.2, -0.15) is 0 Å². The summed E-state index contributed by atoms with van der Waals surface area (Å²) in [4.78, 5) is 26.1. The maximum atomic E-state index is 12.5. The van der Waals surface area contributed by atoms with Gasteiger partial charge in [-0.3, -0.25) is 9.59 Å². The number of hydrogen-bond donors (Lipinski definition) is 0. The molecule has 0 saturated carbocycles. The van der Waals surface area contributed by atoms with Crippen molar-refractivity contribution in [2.75, 3.05) is 18.6 Å². The maximum Gasteiger partial charge on any atom is 0.310 e. The van der Waals surface area contributed by atoms with Gasteiger partial charge in [0.1, 0.15) is 5.75 Å². The lowest BCUT2D eigenvalue weighted by molar-refractivity contribution is -0.147. The third-order valence-corrected chi connectivity index (χ3v) is 3.68. The number of nitrogens with zero attached hydrogens (tertiary/aromatic N) is 1. The molecule has 132 valence electrons. The standard InChI is InChI=1S/C20H23NO4/c1-15(2)21(17-7-5-4-6-8-17)19(22)14-25-20(23)13-16-9-11-18(24-3)12-10-16/h4-12,15H,13-14H2,1-3H3. The fourth-order valence-electron chi connectivity index (χ4n) is 2.49. The average Bonchev–Trinajstić information content (AvgIpc) is 2.61. The monoisotopic (exact) mass is 341 g/mol. The maximum absolute atomic E-state index is 12.5. The van der Waals surface area contributed by atoms with Crippen LogP contribution in [0.5, 0.6) is 5.75 Å². The van der Waals surface area contributed by atoms with E-state index in [0.717, 1.165) is 17.0 Å². The molecule has 0 radical (unpaired) electrons. The Morgan fingerprint density at radius 2 is 1.64 bits per heavy atom. The van der Waals surface area contributed by atoms with Crippen molar-refractivity contribution in [3.05, 3.63) is 60.2 Å². The van der Waals surface area contributed by atoms with Crippen LogP contribution in [0.4, 0.5) is 5.69 Å². The molecule has 0 N–H and O–H groups in total. The first kappa shape index (κ1) is 18.5. The highest BCUT2D eigenvalue weighted by atomic mass is 16.5. The zero-order chi connectivity index (χ0) is 18.2. The molecule has 0 unspecified atom stereocenters. The van der Waals surface area contributed by atoms with Gasteiger partial charge in [0.15, 0.2) is 6.61 Å². The van der Waals surface area contributed by atoms with Gasteiger partial charge in [0.2, 0.25) is 0 Å². The SMILES string of the molecule is COc1ccc(CC(=O)OCC(=O)N(c2ccccc2)C(C)C)cc1. The van der Waals surface area contributed by atoms with E-state index >= 15 is 0 Å². The molecule has 2 aromatic rings. The fourth-order valence-corrected chi connectivity index (χ4v) is 2.49. The largest absolute Gasteiger partial charge is 0.497 e. The molecule has 0 atom stereocenters. The number of ether oxygens (including phenoxy) is 2. The van der Waals surface area contributed by atoms with Crippen LogP contribution >= 0.6 is 0 Å². The number of methoxy groups -OCH3 is 1. The summed E-state index contributed by atoms with van der Waals surface area (Å²) in [5, 5.41) is 0. The number of esters is 1. The van der Waals surface area contributed by atoms with E-state index < -0.39 is 5.97 Å². The lowest BCUT2D eigenvalue weighted by Crippen LogP contribution is -2.40. The Hall–Kier alpha value is -2.82. The summed E-state index contributed by atoms with van der Waals surface area (Å²) in [5.74, 6) is 0.0438. The highest BCUT2D eigenvalue weighted by molar-refractivity contribution is 5.95. The predicted octanol–water partition coefficient (Wildman–Crippen LogP) is 3.22. The summed E-state index contributed by atoms with van der Waals surface area (Å²) < 4.78 is 10.2. The molecule has 1 amide bonds.